The number of hydrogen-bond donors (Lipinski definition) is 2. The number of rotatable bonds is 4. The fourth-order valence-corrected chi connectivity index (χ4v) is 2.96. The standard InChI is InChI=1S/C14H15NO4S/c1-7-10-6-9(19-3)4-5-11(10)20-12(7)13(16)15-8(2)14(17)18/h4-6,8H,1-3H3,(H,15,16)(H,17,18)/t8-/m0/s1. The third-order valence-corrected chi connectivity index (χ3v) is 4.34. The number of aliphatic carboxylic acids is 1. The minimum absolute atomic E-state index is 0.363. The van der Waals surface area contributed by atoms with Gasteiger partial charge in [0.25, 0.3) is 5.91 Å². The Morgan fingerprint density at radius 1 is 1.40 bits per heavy atom. The molecule has 0 radical (unpaired) electrons. The molecular formula is C14H15NO4S. The van der Waals surface area contributed by atoms with E-state index in [0.29, 0.717) is 4.88 Å². The maximum absolute atomic E-state index is 12.1. The van der Waals surface area contributed by atoms with Gasteiger partial charge < -0.3 is 15.2 Å². The summed E-state index contributed by atoms with van der Waals surface area (Å²) in [5.41, 5.74) is 0.832. The molecule has 0 bridgehead atoms. The molecular weight excluding hydrogens is 278 g/mol. The van der Waals surface area contributed by atoms with Gasteiger partial charge in [-0.05, 0) is 43.0 Å². The molecule has 1 atom stereocenters. The fourth-order valence-electron chi connectivity index (χ4n) is 1.87. The Morgan fingerprint density at radius 3 is 2.70 bits per heavy atom. The molecule has 0 aliphatic carbocycles. The van der Waals surface area contributed by atoms with Gasteiger partial charge in [0.05, 0.1) is 12.0 Å². The third kappa shape index (κ3) is 2.60. The molecule has 106 valence electrons. The van der Waals surface area contributed by atoms with Crippen molar-refractivity contribution in [3.8, 4) is 5.75 Å². The largest absolute Gasteiger partial charge is 0.497 e. The van der Waals surface area contributed by atoms with Gasteiger partial charge >= 0.3 is 5.97 Å². The van der Waals surface area contributed by atoms with Gasteiger partial charge in [-0.25, -0.2) is 0 Å². The van der Waals surface area contributed by atoms with Gasteiger partial charge in [-0.3, -0.25) is 9.59 Å². The molecule has 6 heteroatoms. The van der Waals surface area contributed by atoms with E-state index in [0.717, 1.165) is 21.4 Å². The first kappa shape index (κ1) is 14.3. The molecule has 0 fully saturated rings. The Morgan fingerprint density at radius 2 is 2.10 bits per heavy atom. The van der Waals surface area contributed by atoms with E-state index in [1.807, 2.05) is 25.1 Å². The molecule has 2 N–H and O–H groups in total. The molecule has 1 aromatic carbocycles. The monoisotopic (exact) mass is 293 g/mol. The first-order valence-corrected chi connectivity index (χ1v) is 6.86. The molecule has 0 aliphatic rings. The number of benzene rings is 1. The molecule has 5 nitrogen and oxygen atoms in total. The van der Waals surface area contributed by atoms with Crippen molar-refractivity contribution in [2.24, 2.45) is 0 Å². The van der Waals surface area contributed by atoms with Crippen molar-refractivity contribution in [3.05, 3.63) is 28.6 Å². The number of carbonyl (C=O) groups is 2. The van der Waals surface area contributed by atoms with Crippen LogP contribution in [0, 0.1) is 6.92 Å². The van der Waals surface area contributed by atoms with E-state index in [1.54, 1.807) is 7.11 Å². The van der Waals surface area contributed by atoms with E-state index in [1.165, 1.54) is 18.3 Å². The highest BCUT2D eigenvalue weighted by Crippen LogP contribution is 2.33. The van der Waals surface area contributed by atoms with Crippen molar-refractivity contribution in [1.82, 2.24) is 5.32 Å². The van der Waals surface area contributed by atoms with Gasteiger partial charge in [0.15, 0.2) is 0 Å². The number of fused-ring (bicyclic) bond motifs is 1. The van der Waals surface area contributed by atoms with Crippen molar-refractivity contribution in [2.75, 3.05) is 7.11 Å². The summed E-state index contributed by atoms with van der Waals surface area (Å²) in [4.78, 5) is 23.4. The van der Waals surface area contributed by atoms with E-state index in [9.17, 15) is 9.59 Å². The van der Waals surface area contributed by atoms with Gasteiger partial charge in [-0.1, -0.05) is 0 Å². The van der Waals surface area contributed by atoms with Gasteiger partial charge in [0.1, 0.15) is 11.8 Å². The summed E-state index contributed by atoms with van der Waals surface area (Å²) in [5.74, 6) is -0.694. The maximum atomic E-state index is 12.1. The molecule has 0 aliphatic heterocycles. The highest BCUT2D eigenvalue weighted by molar-refractivity contribution is 7.21. The lowest BCUT2D eigenvalue weighted by molar-refractivity contribution is -0.138. The Labute approximate surface area is 120 Å². The minimum atomic E-state index is -1.06. The van der Waals surface area contributed by atoms with E-state index < -0.39 is 12.0 Å². The van der Waals surface area contributed by atoms with E-state index >= 15 is 0 Å². The molecule has 2 rings (SSSR count). The van der Waals surface area contributed by atoms with Crippen LogP contribution in [0.3, 0.4) is 0 Å². The van der Waals surface area contributed by atoms with Crippen LogP contribution in [0.5, 0.6) is 5.75 Å². The van der Waals surface area contributed by atoms with Crippen LogP contribution in [0.4, 0.5) is 0 Å². The first-order valence-electron chi connectivity index (χ1n) is 6.05. The molecule has 1 aromatic heterocycles. The number of carboxylic acids is 1. The van der Waals surface area contributed by atoms with Crippen molar-refractivity contribution >= 4 is 33.3 Å². The predicted molar refractivity (Wildman–Crippen MR) is 77.7 cm³/mol. The van der Waals surface area contributed by atoms with Crippen LogP contribution < -0.4 is 10.1 Å². The smallest absolute Gasteiger partial charge is 0.325 e. The van der Waals surface area contributed by atoms with Crippen LogP contribution in [0.15, 0.2) is 18.2 Å². The molecule has 0 spiro atoms. The van der Waals surface area contributed by atoms with E-state index in [2.05, 4.69) is 5.32 Å². The van der Waals surface area contributed by atoms with E-state index in [-0.39, 0.29) is 5.91 Å². The van der Waals surface area contributed by atoms with Crippen molar-refractivity contribution in [3.63, 3.8) is 0 Å². The van der Waals surface area contributed by atoms with Crippen LogP contribution in [-0.4, -0.2) is 30.1 Å². The zero-order chi connectivity index (χ0) is 14.9. The number of aryl methyl sites for hydroxylation is 1. The average Bonchev–Trinajstić information content (AvgIpc) is 2.75. The van der Waals surface area contributed by atoms with Gasteiger partial charge in [0.2, 0.25) is 0 Å². The van der Waals surface area contributed by atoms with Crippen LogP contribution in [0.2, 0.25) is 0 Å². The summed E-state index contributed by atoms with van der Waals surface area (Å²) < 4.78 is 6.14. The van der Waals surface area contributed by atoms with Crippen molar-refractivity contribution in [1.29, 1.82) is 0 Å². The van der Waals surface area contributed by atoms with Crippen LogP contribution >= 0.6 is 11.3 Å². The maximum Gasteiger partial charge on any atom is 0.325 e. The van der Waals surface area contributed by atoms with Gasteiger partial charge in [-0.15, -0.1) is 11.3 Å². The summed E-state index contributed by atoms with van der Waals surface area (Å²) in [7, 11) is 1.59. The SMILES string of the molecule is COc1ccc2sc(C(=O)N[C@@H](C)C(=O)O)c(C)c2c1. The molecule has 1 heterocycles. The third-order valence-electron chi connectivity index (χ3n) is 3.07. The Bertz CT molecular complexity index is 677. The Balaban J connectivity index is 2.37. The van der Waals surface area contributed by atoms with E-state index in [4.69, 9.17) is 9.84 Å². The number of carbonyl (C=O) groups excluding carboxylic acids is 1. The lowest BCUT2D eigenvalue weighted by Crippen LogP contribution is -2.38. The number of methoxy groups -OCH3 is 1. The zero-order valence-electron chi connectivity index (χ0n) is 11.4. The molecule has 0 saturated carbocycles. The second-order valence-electron chi connectivity index (χ2n) is 4.45. The second kappa shape index (κ2) is 5.50. The molecule has 1 amide bonds. The first-order chi connectivity index (χ1) is 9.43. The molecule has 2 aromatic rings. The summed E-state index contributed by atoms with van der Waals surface area (Å²) in [6.45, 7) is 3.28. The topological polar surface area (TPSA) is 75.6 Å². The quantitative estimate of drug-likeness (QED) is 0.907. The molecule has 0 unspecified atom stereocenters. The van der Waals surface area contributed by atoms with Crippen molar-refractivity contribution in [2.45, 2.75) is 19.9 Å². The lowest BCUT2D eigenvalue weighted by Gasteiger charge is -2.08. The molecule has 0 saturated heterocycles. The van der Waals surface area contributed by atoms with Gasteiger partial charge in [-0.2, -0.15) is 0 Å². The Kier molecular flexibility index (Phi) is 3.94. The molecule has 20 heavy (non-hydrogen) atoms. The number of nitrogens with one attached hydrogen (secondary N) is 1. The summed E-state index contributed by atoms with van der Waals surface area (Å²) in [6.07, 6.45) is 0. The zero-order valence-corrected chi connectivity index (χ0v) is 12.2. The minimum Gasteiger partial charge on any atom is -0.497 e. The average molecular weight is 293 g/mol. The summed E-state index contributed by atoms with van der Waals surface area (Å²) in [6, 6.07) is 4.68. The number of carboxylic acid groups (broad SMARTS) is 1. The highest BCUT2D eigenvalue weighted by Gasteiger charge is 2.20. The number of ether oxygens (including phenoxy) is 1. The second-order valence-corrected chi connectivity index (χ2v) is 5.50. The van der Waals surface area contributed by atoms with Crippen LogP contribution in [0.1, 0.15) is 22.2 Å². The summed E-state index contributed by atoms with van der Waals surface area (Å²) >= 11 is 1.34. The highest BCUT2D eigenvalue weighted by atomic mass is 32.1. The number of thiophene rings is 1. The Hall–Kier alpha value is -2.08. The van der Waals surface area contributed by atoms with Crippen LogP contribution in [-0.2, 0) is 4.79 Å². The van der Waals surface area contributed by atoms with Crippen LogP contribution in [0.25, 0.3) is 10.1 Å². The fraction of sp³-hybridized carbons (Fsp3) is 0.286. The van der Waals surface area contributed by atoms with Gasteiger partial charge in [0, 0.05) is 4.70 Å². The normalized spacial score (nSPS) is 12.2. The number of amides is 1. The lowest BCUT2D eigenvalue weighted by atomic mass is 10.1. The number of hydrogen-bond acceptors (Lipinski definition) is 4. The summed E-state index contributed by atoms with van der Waals surface area (Å²) in [5, 5.41) is 12.2. The predicted octanol–water partition coefficient (Wildman–Crippen LogP) is 2.42. The van der Waals surface area contributed by atoms with Crippen molar-refractivity contribution < 1.29 is 19.4 Å².